The lowest BCUT2D eigenvalue weighted by atomic mass is 9.98. The molecule has 33 nitrogen and oxygen atoms in total. The molecule has 0 aliphatic rings. The number of para-hydroxylation sites is 1. The lowest BCUT2D eigenvalue weighted by Gasteiger charge is -2.29. The third-order valence-corrected chi connectivity index (χ3v) is 16.3. The minimum absolute atomic E-state index is 0.142. The first-order chi connectivity index (χ1) is 46.2. The van der Waals surface area contributed by atoms with Crippen LogP contribution in [-0.4, -0.2) is 194 Å². The van der Waals surface area contributed by atoms with Crippen LogP contribution in [-0.2, 0) is 80.0 Å². The van der Waals surface area contributed by atoms with Crippen molar-refractivity contribution in [1.29, 1.82) is 0 Å². The number of nitrogens with two attached hydrogens (primary N) is 4. The number of fused-ring (bicyclic) bond motifs is 1. The second kappa shape index (κ2) is 41.5. The first-order valence-corrected chi connectivity index (χ1v) is 32.6. The highest BCUT2D eigenvalue weighted by Gasteiger charge is 2.38. The van der Waals surface area contributed by atoms with E-state index < -0.39 is 206 Å². The number of aromatic nitrogens is 1. The summed E-state index contributed by atoms with van der Waals surface area (Å²) in [4.78, 5) is 192. The van der Waals surface area contributed by atoms with Crippen molar-refractivity contribution < 1.29 is 87.5 Å². The Bertz CT molecular complexity index is 3220. The SMILES string of the molecule is CCC(C)CCCC(O)CC(=O)NC(CC(N)=O)C(=O)NC(C(=O)NC(Cc1ccccc1)C(=O)NC(CC(N)=O)C(=O)NC(CC(N)=O)C(=O)NC(CC(O)CCN)C(=O)NC(C(=O)NCC(=O)NC(Cc1c[nH]c2ccccc12)C(=O)NC(C(=O)O)C(C)CC)C(C)O)C(C)C. The number of benzene rings is 2. The molecule has 0 bridgehead atoms. The van der Waals surface area contributed by atoms with Crippen LogP contribution >= 0.6 is 0 Å². The van der Waals surface area contributed by atoms with Crippen molar-refractivity contribution in [2.45, 2.75) is 205 Å². The molecular weight excluding hydrogens is 1280 g/mol. The lowest BCUT2D eigenvalue weighted by Crippen LogP contribution is -2.62. The number of carbonyl (C=O) groups is 14. The summed E-state index contributed by atoms with van der Waals surface area (Å²) >= 11 is 0. The number of primary amides is 3. The number of aromatic amines is 1. The Morgan fingerprint density at radius 2 is 0.959 bits per heavy atom. The predicted octanol–water partition coefficient (Wildman–Crippen LogP) is -3.71. The van der Waals surface area contributed by atoms with Crippen LogP contribution in [0.1, 0.15) is 130 Å². The second-order valence-electron chi connectivity index (χ2n) is 24.9. The van der Waals surface area contributed by atoms with Gasteiger partial charge in [-0.25, -0.2) is 4.79 Å². The van der Waals surface area contributed by atoms with Crippen molar-refractivity contribution >= 4 is 93.7 Å². The average molecular weight is 1380 g/mol. The molecule has 98 heavy (non-hydrogen) atoms. The van der Waals surface area contributed by atoms with Gasteiger partial charge in [0.15, 0.2) is 0 Å². The van der Waals surface area contributed by atoms with Gasteiger partial charge in [-0.05, 0) is 61.3 Å². The van der Waals surface area contributed by atoms with E-state index in [1.165, 1.54) is 13.8 Å². The fourth-order valence-electron chi connectivity index (χ4n) is 10.3. The van der Waals surface area contributed by atoms with Gasteiger partial charge < -0.3 is 102 Å². The zero-order valence-corrected chi connectivity index (χ0v) is 56.4. The number of nitrogens with one attached hydrogen (secondary N) is 11. The maximum atomic E-state index is 14.4. The van der Waals surface area contributed by atoms with Crippen LogP contribution in [0.3, 0.4) is 0 Å². The zero-order valence-electron chi connectivity index (χ0n) is 56.4. The Hall–Kier alpha value is -9.60. The summed E-state index contributed by atoms with van der Waals surface area (Å²) < 4.78 is 0. The van der Waals surface area contributed by atoms with Crippen molar-refractivity contribution in [2.24, 2.45) is 40.7 Å². The number of rotatable bonds is 45. The van der Waals surface area contributed by atoms with Gasteiger partial charge in [-0.2, -0.15) is 0 Å². The number of aliphatic hydroxyl groups excluding tert-OH is 3. The summed E-state index contributed by atoms with van der Waals surface area (Å²) in [5.41, 5.74) is 23.8. The summed E-state index contributed by atoms with van der Waals surface area (Å²) in [6.45, 7) is 10.6. The monoisotopic (exact) mass is 1380 g/mol. The molecule has 14 atom stereocenters. The van der Waals surface area contributed by atoms with E-state index in [9.17, 15) is 87.5 Å². The quantitative estimate of drug-likeness (QED) is 0.0259. The number of hydrogen-bond acceptors (Lipinski definition) is 18. The number of aliphatic hydroxyl groups is 3. The predicted molar refractivity (Wildman–Crippen MR) is 356 cm³/mol. The third-order valence-electron chi connectivity index (χ3n) is 16.3. The number of aliphatic carboxylic acids is 1. The van der Waals surface area contributed by atoms with E-state index >= 15 is 0 Å². The molecule has 33 heteroatoms. The normalized spacial score (nSPS) is 15.6. The summed E-state index contributed by atoms with van der Waals surface area (Å²) in [6, 6.07) is -0.170. The molecular formula is C65H99N15O18. The Morgan fingerprint density at radius 3 is 1.50 bits per heavy atom. The Labute approximate surface area is 567 Å². The highest BCUT2D eigenvalue weighted by atomic mass is 16.4. The van der Waals surface area contributed by atoms with Crippen LogP contribution < -0.4 is 76.1 Å². The minimum Gasteiger partial charge on any atom is -0.480 e. The van der Waals surface area contributed by atoms with Crippen LogP contribution in [0.25, 0.3) is 10.9 Å². The van der Waals surface area contributed by atoms with Crippen molar-refractivity contribution in [3.05, 3.63) is 71.9 Å². The number of carbonyl (C=O) groups excluding carboxylic acids is 13. The van der Waals surface area contributed by atoms with Crippen LogP contribution in [0.2, 0.25) is 0 Å². The van der Waals surface area contributed by atoms with E-state index in [2.05, 4.69) is 65.1 Å². The summed E-state index contributed by atoms with van der Waals surface area (Å²) in [5, 5.41) is 66.6. The second-order valence-corrected chi connectivity index (χ2v) is 24.9. The fourth-order valence-corrected chi connectivity index (χ4v) is 10.3. The maximum Gasteiger partial charge on any atom is 0.326 e. The molecule has 13 amide bonds. The molecule has 3 rings (SSSR count). The molecule has 0 radical (unpaired) electrons. The molecule has 0 saturated heterocycles. The molecule has 2 aromatic carbocycles. The van der Waals surface area contributed by atoms with Crippen LogP contribution in [0.5, 0.6) is 0 Å². The largest absolute Gasteiger partial charge is 0.480 e. The summed E-state index contributed by atoms with van der Waals surface area (Å²) in [7, 11) is 0. The minimum atomic E-state index is -2.04. The van der Waals surface area contributed by atoms with Gasteiger partial charge in [-0.1, -0.05) is 116 Å². The van der Waals surface area contributed by atoms with Crippen molar-refractivity contribution in [3.8, 4) is 0 Å². The number of H-pyrrole nitrogens is 1. The first-order valence-electron chi connectivity index (χ1n) is 32.6. The summed E-state index contributed by atoms with van der Waals surface area (Å²) in [6.07, 6.45) is -3.98. The molecule has 0 aliphatic heterocycles. The van der Waals surface area contributed by atoms with E-state index in [4.69, 9.17) is 22.9 Å². The number of carboxylic acid groups (broad SMARTS) is 1. The van der Waals surface area contributed by atoms with Crippen molar-refractivity contribution in [2.75, 3.05) is 13.1 Å². The number of amides is 13. The molecule has 542 valence electrons. The van der Waals surface area contributed by atoms with Gasteiger partial charge in [0.05, 0.1) is 50.5 Å². The van der Waals surface area contributed by atoms with Gasteiger partial charge in [-0.3, -0.25) is 62.3 Å². The van der Waals surface area contributed by atoms with Gasteiger partial charge in [0.2, 0.25) is 76.8 Å². The Balaban J connectivity index is 1.87. The Kier molecular flexibility index (Phi) is 35.0. The van der Waals surface area contributed by atoms with Gasteiger partial charge in [0, 0.05) is 36.4 Å². The molecule has 23 N–H and O–H groups in total. The van der Waals surface area contributed by atoms with Crippen molar-refractivity contribution in [3.63, 3.8) is 0 Å². The molecule has 0 aliphatic carbocycles. The maximum absolute atomic E-state index is 14.4. The zero-order chi connectivity index (χ0) is 73.5. The lowest BCUT2D eigenvalue weighted by molar-refractivity contribution is -0.143. The Morgan fingerprint density at radius 1 is 0.480 bits per heavy atom. The number of hydrogen-bond donors (Lipinski definition) is 19. The number of carboxylic acids is 1. The smallest absolute Gasteiger partial charge is 0.326 e. The van der Waals surface area contributed by atoms with Crippen LogP contribution in [0, 0.1) is 17.8 Å². The van der Waals surface area contributed by atoms with Gasteiger partial charge in [0.1, 0.15) is 54.4 Å². The summed E-state index contributed by atoms with van der Waals surface area (Å²) in [5.74, 6) is -16.5. The van der Waals surface area contributed by atoms with Gasteiger partial charge in [0.25, 0.3) is 0 Å². The molecule has 0 fully saturated rings. The van der Waals surface area contributed by atoms with E-state index in [-0.39, 0.29) is 25.8 Å². The molecule has 1 aromatic heterocycles. The van der Waals surface area contributed by atoms with Gasteiger partial charge in [-0.15, -0.1) is 0 Å². The van der Waals surface area contributed by atoms with E-state index in [1.807, 2.05) is 6.92 Å². The van der Waals surface area contributed by atoms with Crippen LogP contribution in [0.4, 0.5) is 0 Å². The van der Waals surface area contributed by atoms with Crippen LogP contribution in [0.15, 0.2) is 60.8 Å². The van der Waals surface area contributed by atoms with E-state index in [1.54, 1.807) is 74.6 Å². The van der Waals surface area contributed by atoms with Gasteiger partial charge >= 0.3 is 5.97 Å². The molecule has 0 spiro atoms. The molecule has 14 unspecified atom stereocenters. The van der Waals surface area contributed by atoms with E-state index in [0.717, 1.165) is 19.8 Å². The average Bonchev–Trinajstić information content (AvgIpc) is 1.63. The van der Waals surface area contributed by atoms with Crippen molar-refractivity contribution in [1.82, 2.24) is 58.2 Å². The fraction of sp³-hybridized carbons (Fsp3) is 0.569. The highest BCUT2D eigenvalue weighted by molar-refractivity contribution is 6.01. The molecule has 1 heterocycles. The van der Waals surface area contributed by atoms with E-state index in [0.29, 0.717) is 47.2 Å². The topological polar surface area (TPSA) is 560 Å². The molecule has 0 saturated carbocycles. The highest BCUT2D eigenvalue weighted by Crippen LogP contribution is 2.21. The standard InChI is InChI=1S/C65H99N15O18/c1-8-34(5)16-15-19-39(82)27-52(87)72-46(28-49(67)84)62(94)78-54(33(3)4)64(96)77-43(24-37-17-11-10-12-18-37)57(89)75-48(30-51(69)86)59(91)76-47(29-50(68)85)58(90)74-45(26-40(83)22-23-66)61(93)80-56(36(7)81)63(95)71-32-53(88)73-44(60(92)79-55(65(97)98)35(6)9-2)25-38-31-70-42-21-14-13-20-41(38)42/h10-14,17-18,20-21,31,33-36,39-40,43-48,54-56,70,81-83H,8-9,15-16,19,22-30,32,66H2,1-7H3,(H2,67,84)(H2,68,85)(H2,69,86)(H,71,95)(H,72,87)(H,73,88)(H,74,90)(H,75,89)(H,76,91)(H,77,96)(H,78,94)(H,79,92)(H,80,93)(H,97,98). The third kappa shape index (κ3) is 28.6. The molecule has 3 aromatic rings. The first kappa shape index (κ1) is 82.6.